The lowest BCUT2D eigenvalue weighted by atomic mass is 10.1. The molecule has 0 saturated carbocycles. The highest BCUT2D eigenvalue weighted by Gasteiger charge is 2.29. The van der Waals surface area contributed by atoms with Crippen molar-refractivity contribution in [2.45, 2.75) is 6.18 Å². The molecule has 0 unspecified atom stereocenters. The minimum atomic E-state index is -4.31. The maximum absolute atomic E-state index is 12.3. The van der Waals surface area contributed by atoms with Crippen molar-refractivity contribution < 1.29 is 13.2 Å². The first-order valence-electron chi connectivity index (χ1n) is 4.76. The molecule has 1 aromatic heterocycles. The van der Waals surface area contributed by atoms with Gasteiger partial charge < -0.3 is 4.98 Å². The summed E-state index contributed by atoms with van der Waals surface area (Å²) < 4.78 is 36.8. The van der Waals surface area contributed by atoms with E-state index in [1.165, 1.54) is 18.3 Å². The van der Waals surface area contributed by atoms with Crippen molar-refractivity contribution in [3.8, 4) is 0 Å². The summed E-state index contributed by atoms with van der Waals surface area (Å²) in [6.45, 7) is 0. The fraction of sp³-hybridized carbons (Fsp3) is 0.0909. The van der Waals surface area contributed by atoms with Crippen LogP contribution in [0.2, 0.25) is 0 Å². The first-order chi connectivity index (χ1) is 8.05. The van der Waals surface area contributed by atoms with Crippen molar-refractivity contribution in [2.75, 3.05) is 0 Å². The molecular weight excluding hydrogens is 231 g/mol. The van der Waals surface area contributed by atoms with Crippen molar-refractivity contribution in [1.82, 2.24) is 9.97 Å². The van der Waals surface area contributed by atoms with Crippen molar-refractivity contribution in [3.63, 3.8) is 0 Å². The molecule has 6 heteroatoms. The van der Waals surface area contributed by atoms with E-state index < -0.39 is 11.7 Å². The molecule has 0 atom stereocenters. The number of alkyl halides is 3. The van der Waals surface area contributed by atoms with Crippen LogP contribution in [0.1, 0.15) is 11.1 Å². The normalized spacial score (nSPS) is 12.2. The Hall–Kier alpha value is -2.11. The Morgan fingerprint density at radius 3 is 2.41 bits per heavy atom. The highest BCUT2D eigenvalue weighted by molar-refractivity contribution is 5.81. The van der Waals surface area contributed by atoms with Gasteiger partial charge in [-0.3, -0.25) is 0 Å². The molecule has 3 nitrogen and oxygen atoms in total. The van der Waals surface area contributed by atoms with Crippen molar-refractivity contribution in [2.24, 2.45) is 4.99 Å². The molecule has 0 spiro atoms. The molecule has 1 aromatic carbocycles. The van der Waals surface area contributed by atoms with Crippen molar-refractivity contribution in [1.29, 1.82) is 0 Å². The minimum Gasteiger partial charge on any atom is -0.329 e. The average Bonchev–Trinajstić information content (AvgIpc) is 2.78. The number of H-pyrrole nitrogens is 1. The predicted molar refractivity (Wildman–Crippen MR) is 57.3 cm³/mol. The molecule has 1 heterocycles. The summed E-state index contributed by atoms with van der Waals surface area (Å²) in [7, 11) is 0. The number of hydrogen-bond acceptors (Lipinski definition) is 2. The van der Waals surface area contributed by atoms with Gasteiger partial charge in [-0.15, -0.1) is 0 Å². The molecular formula is C11H8F3N3. The van der Waals surface area contributed by atoms with Crippen LogP contribution in [-0.4, -0.2) is 16.2 Å². The van der Waals surface area contributed by atoms with Crippen molar-refractivity contribution >= 4 is 12.2 Å². The smallest absolute Gasteiger partial charge is 0.329 e. The third-order valence-corrected chi connectivity index (χ3v) is 2.06. The van der Waals surface area contributed by atoms with Gasteiger partial charge in [-0.1, -0.05) is 12.1 Å². The van der Waals surface area contributed by atoms with Gasteiger partial charge in [0.15, 0.2) is 0 Å². The summed E-state index contributed by atoms with van der Waals surface area (Å²) in [6, 6.07) is 4.75. The standard InChI is InChI=1S/C11H8F3N3/c12-11(13,14)9-3-1-8(2-4-9)7-17-10-15-5-6-16-10/h1-7H,(H,15,16)/b17-7+. The number of halogens is 3. The zero-order valence-corrected chi connectivity index (χ0v) is 8.57. The Balaban J connectivity index is 2.14. The van der Waals surface area contributed by atoms with E-state index in [1.54, 1.807) is 12.4 Å². The lowest BCUT2D eigenvalue weighted by Gasteiger charge is -2.05. The molecule has 0 aliphatic heterocycles. The largest absolute Gasteiger partial charge is 0.416 e. The average molecular weight is 239 g/mol. The predicted octanol–water partition coefficient (Wildman–Crippen LogP) is 3.18. The summed E-state index contributed by atoms with van der Waals surface area (Å²) in [5.41, 5.74) is -0.0953. The first kappa shape index (κ1) is 11.4. The van der Waals surface area contributed by atoms with E-state index in [0.717, 1.165) is 12.1 Å². The summed E-state index contributed by atoms with van der Waals surface area (Å²) >= 11 is 0. The molecule has 0 radical (unpaired) electrons. The second-order valence-electron chi connectivity index (χ2n) is 3.29. The number of imidazole rings is 1. The first-order valence-corrected chi connectivity index (χ1v) is 4.76. The van der Waals surface area contributed by atoms with Crippen LogP contribution >= 0.6 is 0 Å². The van der Waals surface area contributed by atoms with Crippen LogP contribution < -0.4 is 0 Å². The fourth-order valence-electron chi connectivity index (χ4n) is 1.22. The van der Waals surface area contributed by atoms with Gasteiger partial charge in [-0.2, -0.15) is 13.2 Å². The third kappa shape index (κ3) is 2.93. The highest BCUT2D eigenvalue weighted by atomic mass is 19.4. The number of rotatable bonds is 2. The molecule has 1 N–H and O–H groups in total. The number of aliphatic imine (C=N–C) groups is 1. The van der Waals surface area contributed by atoms with Crippen LogP contribution in [0.25, 0.3) is 0 Å². The van der Waals surface area contributed by atoms with Gasteiger partial charge >= 0.3 is 6.18 Å². The molecule has 0 aliphatic rings. The molecule has 0 amide bonds. The molecule has 0 fully saturated rings. The van der Waals surface area contributed by atoms with Crippen LogP contribution in [0.15, 0.2) is 41.7 Å². The molecule has 0 bridgehead atoms. The molecule has 17 heavy (non-hydrogen) atoms. The maximum Gasteiger partial charge on any atom is 0.416 e. The molecule has 0 saturated heterocycles. The minimum absolute atomic E-state index is 0.407. The van der Waals surface area contributed by atoms with Crippen LogP contribution in [0.5, 0.6) is 0 Å². The number of nitrogens with one attached hydrogen (secondary N) is 1. The Kier molecular flexibility index (Phi) is 2.95. The van der Waals surface area contributed by atoms with Gasteiger partial charge in [0.05, 0.1) is 5.56 Å². The lowest BCUT2D eigenvalue weighted by molar-refractivity contribution is -0.137. The van der Waals surface area contributed by atoms with Gasteiger partial charge in [0.1, 0.15) is 0 Å². The van der Waals surface area contributed by atoms with E-state index in [1.807, 2.05) is 0 Å². The number of nitrogens with zero attached hydrogens (tertiary/aromatic N) is 2. The van der Waals surface area contributed by atoms with Gasteiger partial charge in [-0.25, -0.2) is 9.98 Å². The van der Waals surface area contributed by atoms with Crippen LogP contribution in [0, 0.1) is 0 Å². The fourth-order valence-corrected chi connectivity index (χ4v) is 1.22. The molecule has 2 aromatic rings. The lowest BCUT2D eigenvalue weighted by Crippen LogP contribution is -2.04. The van der Waals surface area contributed by atoms with Crippen LogP contribution in [0.3, 0.4) is 0 Å². The Morgan fingerprint density at radius 1 is 1.18 bits per heavy atom. The van der Waals surface area contributed by atoms with E-state index in [9.17, 15) is 13.2 Å². The SMILES string of the molecule is FC(F)(F)c1ccc(/C=N/c2ncc[nH]2)cc1. The van der Waals surface area contributed by atoms with E-state index in [2.05, 4.69) is 15.0 Å². The van der Waals surface area contributed by atoms with E-state index in [4.69, 9.17) is 0 Å². The highest BCUT2D eigenvalue weighted by Crippen LogP contribution is 2.28. The van der Waals surface area contributed by atoms with E-state index >= 15 is 0 Å². The molecule has 2 rings (SSSR count). The summed E-state index contributed by atoms with van der Waals surface area (Å²) in [5, 5.41) is 0. The number of hydrogen-bond donors (Lipinski definition) is 1. The van der Waals surface area contributed by atoms with Gasteiger partial charge in [-0.05, 0) is 17.7 Å². The van der Waals surface area contributed by atoms with Gasteiger partial charge in [0.25, 0.3) is 0 Å². The Bertz CT molecular complexity index is 498. The zero-order chi connectivity index (χ0) is 12.3. The Labute approximate surface area is 95.0 Å². The second kappa shape index (κ2) is 4.40. The van der Waals surface area contributed by atoms with E-state index in [-0.39, 0.29) is 0 Å². The third-order valence-electron chi connectivity index (χ3n) is 2.06. The Morgan fingerprint density at radius 2 is 1.88 bits per heavy atom. The number of aromatic nitrogens is 2. The molecule has 88 valence electrons. The van der Waals surface area contributed by atoms with E-state index in [0.29, 0.717) is 11.5 Å². The van der Waals surface area contributed by atoms with Gasteiger partial charge in [0.2, 0.25) is 5.95 Å². The number of aromatic amines is 1. The second-order valence-corrected chi connectivity index (χ2v) is 3.29. The summed E-state index contributed by atoms with van der Waals surface area (Å²) in [6.07, 6.45) is 0.286. The molecule has 0 aliphatic carbocycles. The topological polar surface area (TPSA) is 41.0 Å². The van der Waals surface area contributed by atoms with Crippen LogP contribution in [0.4, 0.5) is 19.1 Å². The quantitative estimate of drug-likeness (QED) is 0.803. The zero-order valence-electron chi connectivity index (χ0n) is 8.57. The summed E-state index contributed by atoms with van der Waals surface area (Å²) in [4.78, 5) is 10.6. The van der Waals surface area contributed by atoms with Crippen molar-refractivity contribution in [3.05, 3.63) is 47.8 Å². The monoisotopic (exact) mass is 239 g/mol. The maximum atomic E-state index is 12.3. The summed E-state index contributed by atoms with van der Waals surface area (Å²) in [5.74, 6) is 0.407. The number of benzene rings is 1. The van der Waals surface area contributed by atoms with Crippen LogP contribution in [-0.2, 0) is 6.18 Å². The van der Waals surface area contributed by atoms with Gasteiger partial charge in [0, 0.05) is 18.6 Å².